The van der Waals surface area contributed by atoms with Gasteiger partial charge in [0.05, 0.1) is 27.7 Å². The Morgan fingerprint density at radius 2 is 1.70 bits per heavy atom. The van der Waals surface area contributed by atoms with Crippen LogP contribution in [0, 0.1) is 10.1 Å². The summed E-state index contributed by atoms with van der Waals surface area (Å²) in [5.41, 5.74) is 1.38. The summed E-state index contributed by atoms with van der Waals surface area (Å²) in [6.07, 6.45) is 1.35. The molecule has 0 saturated heterocycles. The molecule has 0 aromatic heterocycles. The summed E-state index contributed by atoms with van der Waals surface area (Å²) in [6, 6.07) is 13.8. The van der Waals surface area contributed by atoms with Gasteiger partial charge in [0.25, 0.3) is 17.5 Å². The molecular formula is C21H14N4O5. The summed E-state index contributed by atoms with van der Waals surface area (Å²) < 4.78 is 0. The van der Waals surface area contributed by atoms with Gasteiger partial charge in [0.2, 0.25) is 5.91 Å². The van der Waals surface area contributed by atoms with Crippen LogP contribution in [0.5, 0.6) is 0 Å². The van der Waals surface area contributed by atoms with Crippen LogP contribution < -0.4 is 5.32 Å². The first-order valence-electron chi connectivity index (χ1n) is 8.87. The van der Waals surface area contributed by atoms with Gasteiger partial charge in [-0.15, -0.1) is 0 Å². The largest absolute Gasteiger partial charge is 0.326 e. The Balaban J connectivity index is 1.70. The van der Waals surface area contributed by atoms with Crippen molar-refractivity contribution in [1.29, 1.82) is 0 Å². The molecule has 3 amide bonds. The number of carbonyl (C=O) groups is 3. The molecule has 0 saturated carbocycles. The third kappa shape index (κ3) is 3.18. The zero-order chi connectivity index (χ0) is 21.4. The van der Waals surface area contributed by atoms with Crippen LogP contribution in [0.2, 0.25) is 0 Å². The van der Waals surface area contributed by atoms with Crippen LogP contribution in [0.1, 0.15) is 33.2 Å². The van der Waals surface area contributed by atoms with Gasteiger partial charge in [-0.1, -0.05) is 18.2 Å². The third-order valence-corrected chi connectivity index (χ3v) is 4.61. The van der Waals surface area contributed by atoms with E-state index < -0.39 is 16.7 Å². The van der Waals surface area contributed by atoms with Gasteiger partial charge in [0, 0.05) is 24.1 Å². The Kier molecular flexibility index (Phi) is 4.55. The molecule has 9 nitrogen and oxygen atoms in total. The first-order valence-corrected chi connectivity index (χ1v) is 8.87. The van der Waals surface area contributed by atoms with Crippen molar-refractivity contribution in [3.63, 3.8) is 0 Å². The second-order valence-corrected chi connectivity index (χ2v) is 6.59. The minimum atomic E-state index is -0.662. The number of carbonyl (C=O) groups excluding carboxylic acids is 3. The number of nitrogens with one attached hydrogen (secondary N) is 1. The highest BCUT2D eigenvalue weighted by Crippen LogP contribution is 2.35. The first-order chi connectivity index (χ1) is 14.4. The normalized spacial score (nSPS) is 13.2. The summed E-state index contributed by atoms with van der Waals surface area (Å²) in [6.45, 7) is 1.40. The number of hydrogen-bond acceptors (Lipinski definition) is 6. The highest BCUT2D eigenvalue weighted by molar-refractivity contribution is 6.26. The summed E-state index contributed by atoms with van der Waals surface area (Å²) in [5.74, 6) is -1.52. The third-order valence-electron chi connectivity index (χ3n) is 4.61. The number of rotatable bonds is 4. The minimum absolute atomic E-state index is 0.170. The maximum Gasteiger partial charge on any atom is 0.282 e. The summed E-state index contributed by atoms with van der Waals surface area (Å²) in [7, 11) is 0. The molecule has 9 heteroatoms. The Morgan fingerprint density at radius 3 is 2.33 bits per heavy atom. The summed E-state index contributed by atoms with van der Waals surface area (Å²) in [5, 5.41) is 19.2. The van der Waals surface area contributed by atoms with E-state index in [1.807, 2.05) is 0 Å². The molecule has 4 rings (SSSR count). The Labute approximate surface area is 169 Å². The van der Waals surface area contributed by atoms with Crippen LogP contribution in [0.3, 0.4) is 0 Å². The van der Waals surface area contributed by atoms with Crippen molar-refractivity contribution in [1.82, 2.24) is 5.01 Å². The van der Waals surface area contributed by atoms with Crippen molar-refractivity contribution >= 4 is 46.1 Å². The Hall–Kier alpha value is -4.40. The summed E-state index contributed by atoms with van der Waals surface area (Å²) >= 11 is 0. The molecule has 0 bridgehead atoms. The number of nitrogens with zero attached hydrogens (tertiary/aromatic N) is 3. The lowest BCUT2D eigenvalue weighted by atomic mass is 9.94. The molecule has 3 aromatic rings. The van der Waals surface area contributed by atoms with Crippen LogP contribution in [-0.2, 0) is 4.79 Å². The van der Waals surface area contributed by atoms with E-state index >= 15 is 0 Å². The van der Waals surface area contributed by atoms with E-state index in [-0.39, 0.29) is 33.5 Å². The van der Waals surface area contributed by atoms with E-state index in [0.29, 0.717) is 11.3 Å². The van der Waals surface area contributed by atoms with Gasteiger partial charge in [-0.3, -0.25) is 24.5 Å². The topological polar surface area (TPSA) is 122 Å². The number of imide groups is 1. The lowest BCUT2D eigenvalue weighted by Crippen LogP contribution is -2.36. The number of hydrazone groups is 1. The van der Waals surface area contributed by atoms with E-state index in [9.17, 15) is 24.5 Å². The molecule has 0 aliphatic carbocycles. The van der Waals surface area contributed by atoms with E-state index in [1.54, 1.807) is 24.3 Å². The van der Waals surface area contributed by atoms with Crippen LogP contribution in [0.15, 0.2) is 59.7 Å². The monoisotopic (exact) mass is 402 g/mol. The van der Waals surface area contributed by atoms with Crippen LogP contribution in [0.4, 0.5) is 11.4 Å². The molecule has 1 N–H and O–H groups in total. The highest BCUT2D eigenvalue weighted by Gasteiger charge is 2.34. The van der Waals surface area contributed by atoms with Crippen molar-refractivity contribution < 1.29 is 19.3 Å². The fourth-order valence-corrected chi connectivity index (χ4v) is 3.31. The fourth-order valence-electron chi connectivity index (χ4n) is 3.31. The molecule has 1 aliphatic rings. The van der Waals surface area contributed by atoms with Crippen LogP contribution >= 0.6 is 0 Å². The number of nitro groups is 1. The standard InChI is InChI=1S/C21H14N4O5/c1-12(26)23-14-7-5-13(6-8-14)11-22-24-20(27)16-4-2-3-15-18(25(29)30)10-9-17(19(15)16)21(24)28/h2-11H,1H3,(H,23,26)/b22-11-. The quantitative estimate of drug-likeness (QED) is 0.310. The van der Waals surface area contributed by atoms with Gasteiger partial charge in [-0.25, -0.2) is 0 Å². The van der Waals surface area contributed by atoms with Crippen molar-refractivity contribution in [2.75, 3.05) is 5.32 Å². The molecule has 0 atom stereocenters. The van der Waals surface area contributed by atoms with Crippen molar-refractivity contribution in [2.24, 2.45) is 5.10 Å². The maximum atomic E-state index is 12.9. The molecular weight excluding hydrogens is 388 g/mol. The van der Waals surface area contributed by atoms with Crippen LogP contribution in [-0.4, -0.2) is 33.9 Å². The molecule has 3 aromatic carbocycles. The molecule has 0 spiro atoms. The zero-order valence-corrected chi connectivity index (χ0v) is 15.7. The number of amides is 3. The average Bonchev–Trinajstić information content (AvgIpc) is 2.72. The van der Waals surface area contributed by atoms with Crippen molar-refractivity contribution in [3.05, 3.63) is 81.4 Å². The Morgan fingerprint density at radius 1 is 1.03 bits per heavy atom. The average molecular weight is 402 g/mol. The molecule has 0 fully saturated rings. The number of benzene rings is 3. The lowest BCUT2D eigenvalue weighted by Gasteiger charge is -2.22. The first kappa shape index (κ1) is 18.9. The second-order valence-electron chi connectivity index (χ2n) is 6.59. The second kappa shape index (κ2) is 7.21. The number of non-ortho nitro benzene ring substituents is 1. The van der Waals surface area contributed by atoms with Gasteiger partial charge < -0.3 is 5.32 Å². The predicted octanol–water partition coefficient (Wildman–Crippen LogP) is 3.34. The smallest absolute Gasteiger partial charge is 0.282 e. The van der Waals surface area contributed by atoms with Gasteiger partial charge >= 0.3 is 0 Å². The van der Waals surface area contributed by atoms with E-state index in [2.05, 4.69) is 10.4 Å². The maximum absolute atomic E-state index is 12.9. The van der Waals surface area contributed by atoms with E-state index in [4.69, 9.17) is 0 Å². The van der Waals surface area contributed by atoms with Gasteiger partial charge in [-0.05, 0) is 35.9 Å². The van der Waals surface area contributed by atoms with Gasteiger partial charge in [-0.2, -0.15) is 10.1 Å². The molecule has 1 heterocycles. The molecule has 0 unspecified atom stereocenters. The fraction of sp³-hybridized carbons (Fsp3) is 0.0476. The molecule has 30 heavy (non-hydrogen) atoms. The lowest BCUT2D eigenvalue weighted by molar-refractivity contribution is -0.383. The summed E-state index contributed by atoms with van der Waals surface area (Å²) in [4.78, 5) is 47.6. The highest BCUT2D eigenvalue weighted by atomic mass is 16.6. The van der Waals surface area contributed by atoms with Gasteiger partial charge in [0.15, 0.2) is 0 Å². The van der Waals surface area contributed by atoms with E-state index in [0.717, 1.165) is 5.01 Å². The van der Waals surface area contributed by atoms with E-state index in [1.165, 1.54) is 43.5 Å². The molecule has 0 radical (unpaired) electrons. The number of hydrogen-bond donors (Lipinski definition) is 1. The predicted molar refractivity (Wildman–Crippen MR) is 109 cm³/mol. The van der Waals surface area contributed by atoms with Crippen LogP contribution in [0.25, 0.3) is 10.8 Å². The Bertz CT molecular complexity index is 1240. The molecule has 148 valence electrons. The van der Waals surface area contributed by atoms with Gasteiger partial charge in [0.1, 0.15) is 0 Å². The van der Waals surface area contributed by atoms with Crippen molar-refractivity contribution in [2.45, 2.75) is 6.92 Å². The number of nitro benzene ring substituents is 1. The SMILES string of the molecule is CC(=O)Nc1ccc(/C=N\N2C(=O)c3cccc4c([N+](=O)[O-])ccc(c34)C2=O)cc1. The van der Waals surface area contributed by atoms with Crippen molar-refractivity contribution in [3.8, 4) is 0 Å². The molecule has 1 aliphatic heterocycles. The zero-order valence-electron chi connectivity index (χ0n) is 15.7. The number of anilines is 1. The minimum Gasteiger partial charge on any atom is -0.326 e.